The van der Waals surface area contributed by atoms with Gasteiger partial charge in [-0.1, -0.05) is 30.7 Å². The predicted molar refractivity (Wildman–Crippen MR) is 102 cm³/mol. The highest BCUT2D eigenvalue weighted by molar-refractivity contribution is 6.30. The molecular formula is C19H23ClN2O3. The Morgan fingerprint density at radius 3 is 2.68 bits per heavy atom. The number of carbonyl (C=O) groups is 1. The smallest absolute Gasteiger partial charge is 0.226 e. The molecule has 0 aliphatic heterocycles. The maximum Gasteiger partial charge on any atom is 0.226 e. The van der Waals surface area contributed by atoms with Crippen LogP contribution in [0.3, 0.4) is 0 Å². The number of halogens is 1. The highest BCUT2D eigenvalue weighted by atomic mass is 35.5. The van der Waals surface area contributed by atoms with Gasteiger partial charge >= 0.3 is 0 Å². The van der Waals surface area contributed by atoms with E-state index >= 15 is 0 Å². The first-order chi connectivity index (χ1) is 12.1. The number of para-hydroxylation sites is 2. The van der Waals surface area contributed by atoms with Gasteiger partial charge in [-0.25, -0.2) is 0 Å². The van der Waals surface area contributed by atoms with Gasteiger partial charge in [0, 0.05) is 18.0 Å². The van der Waals surface area contributed by atoms with Crippen molar-refractivity contribution in [3.63, 3.8) is 0 Å². The van der Waals surface area contributed by atoms with E-state index in [9.17, 15) is 4.79 Å². The first-order valence-electron chi connectivity index (χ1n) is 8.23. The van der Waals surface area contributed by atoms with Crippen molar-refractivity contribution in [2.75, 3.05) is 30.9 Å². The van der Waals surface area contributed by atoms with Crippen molar-refractivity contribution in [2.45, 2.75) is 19.8 Å². The summed E-state index contributed by atoms with van der Waals surface area (Å²) >= 11 is 5.99. The third-order valence-corrected chi connectivity index (χ3v) is 3.69. The van der Waals surface area contributed by atoms with Gasteiger partial charge in [-0.05, 0) is 36.8 Å². The van der Waals surface area contributed by atoms with Crippen molar-refractivity contribution in [3.8, 4) is 11.5 Å². The molecule has 25 heavy (non-hydrogen) atoms. The maximum absolute atomic E-state index is 12.2. The van der Waals surface area contributed by atoms with Crippen molar-refractivity contribution >= 4 is 28.9 Å². The lowest BCUT2D eigenvalue weighted by Gasteiger charge is -2.13. The molecule has 0 saturated carbocycles. The molecule has 2 rings (SSSR count). The zero-order chi connectivity index (χ0) is 18.1. The molecule has 2 aromatic rings. The predicted octanol–water partition coefficient (Wildman–Crippen LogP) is 4.58. The van der Waals surface area contributed by atoms with Crippen LogP contribution in [-0.2, 0) is 4.79 Å². The molecule has 0 saturated heterocycles. The van der Waals surface area contributed by atoms with E-state index in [2.05, 4.69) is 10.6 Å². The van der Waals surface area contributed by atoms with Gasteiger partial charge in [0.05, 0.1) is 25.1 Å². The quantitative estimate of drug-likeness (QED) is 0.685. The van der Waals surface area contributed by atoms with Crippen molar-refractivity contribution in [1.29, 1.82) is 0 Å². The zero-order valence-electron chi connectivity index (χ0n) is 14.5. The van der Waals surface area contributed by atoms with Crippen LogP contribution in [0, 0.1) is 0 Å². The van der Waals surface area contributed by atoms with E-state index in [4.69, 9.17) is 21.1 Å². The fourth-order valence-corrected chi connectivity index (χ4v) is 2.42. The first-order valence-corrected chi connectivity index (χ1v) is 8.61. The Morgan fingerprint density at radius 2 is 1.92 bits per heavy atom. The summed E-state index contributed by atoms with van der Waals surface area (Å²) < 4.78 is 10.9. The van der Waals surface area contributed by atoms with E-state index in [0.29, 0.717) is 41.8 Å². The number of methoxy groups -OCH3 is 1. The molecule has 0 atom stereocenters. The lowest BCUT2D eigenvalue weighted by molar-refractivity contribution is -0.116. The van der Waals surface area contributed by atoms with Crippen LogP contribution in [0.25, 0.3) is 0 Å². The lowest BCUT2D eigenvalue weighted by atomic mass is 10.2. The Labute approximate surface area is 153 Å². The first kappa shape index (κ1) is 18.9. The van der Waals surface area contributed by atoms with Gasteiger partial charge < -0.3 is 20.1 Å². The van der Waals surface area contributed by atoms with E-state index < -0.39 is 0 Å². The molecule has 2 N–H and O–H groups in total. The molecule has 134 valence electrons. The van der Waals surface area contributed by atoms with Crippen LogP contribution in [0.5, 0.6) is 11.5 Å². The Bertz CT molecular complexity index is 707. The van der Waals surface area contributed by atoms with E-state index in [1.54, 1.807) is 25.3 Å². The average molecular weight is 363 g/mol. The highest BCUT2D eigenvalue weighted by Crippen LogP contribution is 2.27. The van der Waals surface area contributed by atoms with Gasteiger partial charge in [0.1, 0.15) is 11.5 Å². The van der Waals surface area contributed by atoms with Crippen LogP contribution >= 0.6 is 11.6 Å². The van der Waals surface area contributed by atoms with Crippen LogP contribution in [0.2, 0.25) is 5.02 Å². The number of amides is 1. The molecule has 0 radical (unpaired) electrons. The van der Waals surface area contributed by atoms with Gasteiger partial charge in [-0.3, -0.25) is 4.79 Å². The monoisotopic (exact) mass is 362 g/mol. The standard InChI is InChI=1S/C19H23ClN2O3/c1-3-12-25-18-7-5-4-6-15(18)22-19(23)10-11-21-16-13-14(20)8-9-17(16)24-2/h4-9,13,21H,3,10-12H2,1-2H3,(H,22,23). The molecule has 0 spiro atoms. The molecule has 0 aliphatic carbocycles. The number of ether oxygens (including phenoxy) is 2. The summed E-state index contributed by atoms with van der Waals surface area (Å²) in [5.74, 6) is 1.27. The van der Waals surface area contributed by atoms with Crippen molar-refractivity contribution < 1.29 is 14.3 Å². The molecule has 2 aromatic carbocycles. The molecule has 5 nitrogen and oxygen atoms in total. The van der Waals surface area contributed by atoms with E-state index in [1.807, 2.05) is 31.2 Å². The summed E-state index contributed by atoms with van der Waals surface area (Å²) in [6.07, 6.45) is 1.21. The number of nitrogens with one attached hydrogen (secondary N) is 2. The van der Waals surface area contributed by atoms with Crippen LogP contribution < -0.4 is 20.1 Å². The van der Waals surface area contributed by atoms with Crippen LogP contribution in [0.15, 0.2) is 42.5 Å². The van der Waals surface area contributed by atoms with E-state index in [1.165, 1.54) is 0 Å². The Balaban J connectivity index is 1.88. The summed E-state index contributed by atoms with van der Waals surface area (Å²) in [5.41, 5.74) is 1.44. The summed E-state index contributed by atoms with van der Waals surface area (Å²) in [7, 11) is 1.59. The normalized spacial score (nSPS) is 10.2. The fourth-order valence-electron chi connectivity index (χ4n) is 2.25. The second-order valence-electron chi connectivity index (χ2n) is 5.41. The number of benzene rings is 2. The molecule has 6 heteroatoms. The SMILES string of the molecule is CCCOc1ccccc1NC(=O)CCNc1cc(Cl)ccc1OC. The van der Waals surface area contributed by atoms with Gasteiger partial charge in [0.25, 0.3) is 0 Å². The Hall–Kier alpha value is -2.40. The summed E-state index contributed by atoms with van der Waals surface area (Å²) in [4.78, 5) is 12.2. The van der Waals surface area contributed by atoms with Crippen molar-refractivity contribution in [3.05, 3.63) is 47.5 Å². The van der Waals surface area contributed by atoms with Crippen LogP contribution in [-0.4, -0.2) is 26.2 Å². The molecule has 0 unspecified atom stereocenters. The van der Waals surface area contributed by atoms with Gasteiger partial charge in [0.15, 0.2) is 0 Å². The third-order valence-electron chi connectivity index (χ3n) is 3.45. The topological polar surface area (TPSA) is 59.6 Å². The molecule has 0 bridgehead atoms. The van der Waals surface area contributed by atoms with Crippen molar-refractivity contribution in [2.24, 2.45) is 0 Å². The molecule has 0 aromatic heterocycles. The number of hydrogen-bond acceptors (Lipinski definition) is 4. The summed E-state index contributed by atoms with van der Waals surface area (Å²) in [6.45, 7) is 3.11. The average Bonchev–Trinajstić information content (AvgIpc) is 2.61. The molecule has 1 amide bonds. The maximum atomic E-state index is 12.2. The summed E-state index contributed by atoms with van der Waals surface area (Å²) in [6, 6.07) is 12.7. The number of anilines is 2. The van der Waals surface area contributed by atoms with Crippen LogP contribution in [0.1, 0.15) is 19.8 Å². The minimum atomic E-state index is -0.0963. The third kappa shape index (κ3) is 5.87. The Morgan fingerprint density at radius 1 is 1.12 bits per heavy atom. The number of hydrogen-bond donors (Lipinski definition) is 2. The minimum Gasteiger partial charge on any atom is -0.495 e. The summed E-state index contributed by atoms with van der Waals surface area (Å²) in [5, 5.41) is 6.66. The lowest BCUT2D eigenvalue weighted by Crippen LogP contribution is -2.17. The highest BCUT2D eigenvalue weighted by Gasteiger charge is 2.08. The van der Waals surface area contributed by atoms with Crippen molar-refractivity contribution in [1.82, 2.24) is 0 Å². The Kier molecular flexibility index (Phi) is 7.41. The number of rotatable bonds is 9. The van der Waals surface area contributed by atoms with Gasteiger partial charge in [0.2, 0.25) is 5.91 Å². The molecule has 0 aliphatic rings. The van der Waals surface area contributed by atoms with Gasteiger partial charge in [-0.2, -0.15) is 0 Å². The molecular weight excluding hydrogens is 340 g/mol. The minimum absolute atomic E-state index is 0.0963. The molecule has 0 heterocycles. The number of carbonyl (C=O) groups excluding carboxylic acids is 1. The zero-order valence-corrected chi connectivity index (χ0v) is 15.2. The van der Waals surface area contributed by atoms with Crippen LogP contribution in [0.4, 0.5) is 11.4 Å². The fraction of sp³-hybridized carbons (Fsp3) is 0.316. The van der Waals surface area contributed by atoms with E-state index in [-0.39, 0.29) is 5.91 Å². The molecule has 0 fully saturated rings. The van der Waals surface area contributed by atoms with E-state index in [0.717, 1.165) is 12.1 Å². The second kappa shape index (κ2) is 9.79. The largest absolute Gasteiger partial charge is 0.495 e. The van der Waals surface area contributed by atoms with Gasteiger partial charge in [-0.15, -0.1) is 0 Å². The second-order valence-corrected chi connectivity index (χ2v) is 5.85.